The van der Waals surface area contributed by atoms with Gasteiger partial charge in [-0.2, -0.15) is 0 Å². The predicted molar refractivity (Wildman–Crippen MR) is 113 cm³/mol. The minimum Gasteiger partial charge on any atom is -0.465 e. The Morgan fingerprint density at radius 3 is 2.63 bits per heavy atom. The Bertz CT molecular complexity index is 963. The lowest BCUT2D eigenvalue weighted by molar-refractivity contribution is -0.126. The number of hydrogen-bond donors (Lipinski definition) is 2. The third kappa shape index (κ3) is 4.40. The highest BCUT2D eigenvalue weighted by molar-refractivity contribution is 6.00. The highest BCUT2D eigenvalue weighted by atomic mass is 16.5. The van der Waals surface area contributed by atoms with E-state index in [0.717, 1.165) is 24.0 Å². The Morgan fingerprint density at radius 2 is 1.93 bits per heavy atom. The minimum atomic E-state index is -0.465. The number of hydrogen-bond acceptors (Lipinski definition) is 4. The van der Waals surface area contributed by atoms with Crippen molar-refractivity contribution in [3.63, 3.8) is 0 Å². The molecule has 0 spiro atoms. The normalized spacial score (nSPS) is 16.3. The van der Waals surface area contributed by atoms with Crippen LogP contribution >= 0.6 is 0 Å². The number of carbonyl (C=O) groups is 3. The Morgan fingerprint density at radius 1 is 1.20 bits per heavy atom. The van der Waals surface area contributed by atoms with Crippen LogP contribution in [-0.2, 0) is 16.1 Å². The molecule has 0 aliphatic carbocycles. The van der Waals surface area contributed by atoms with E-state index in [1.165, 1.54) is 7.11 Å². The van der Waals surface area contributed by atoms with Gasteiger partial charge in [-0.15, -0.1) is 0 Å². The van der Waals surface area contributed by atoms with Crippen LogP contribution in [0.3, 0.4) is 0 Å². The molecule has 3 rings (SSSR count). The van der Waals surface area contributed by atoms with Gasteiger partial charge in [0, 0.05) is 25.3 Å². The van der Waals surface area contributed by atoms with Crippen molar-refractivity contribution in [3.8, 4) is 0 Å². The number of aromatic nitrogens is 1. The number of aryl methyl sites for hydroxylation is 2. The van der Waals surface area contributed by atoms with Gasteiger partial charge in [0.25, 0.3) is 5.91 Å². The first-order valence-electron chi connectivity index (χ1n) is 10.2. The van der Waals surface area contributed by atoms with Crippen molar-refractivity contribution in [1.82, 2.24) is 15.2 Å². The SMILES string of the molecule is COC(=O)c1c(C)[nH]c(C(=O)N2CCCC(C(=O)NCc3ccccc3C)C2)c1C. The lowest BCUT2D eigenvalue weighted by Gasteiger charge is -2.32. The number of likely N-dealkylation sites (tertiary alicyclic amines) is 1. The van der Waals surface area contributed by atoms with Crippen molar-refractivity contribution in [2.45, 2.75) is 40.2 Å². The fourth-order valence-corrected chi connectivity index (χ4v) is 4.04. The first-order chi connectivity index (χ1) is 14.3. The fraction of sp³-hybridized carbons (Fsp3) is 0.435. The number of methoxy groups -OCH3 is 1. The van der Waals surface area contributed by atoms with Crippen molar-refractivity contribution in [3.05, 3.63) is 57.9 Å². The summed E-state index contributed by atoms with van der Waals surface area (Å²) >= 11 is 0. The molecule has 0 saturated carbocycles. The molecule has 1 aliphatic rings. The zero-order valence-electron chi connectivity index (χ0n) is 18.0. The van der Waals surface area contributed by atoms with Gasteiger partial charge in [-0.05, 0) is 50.3 Å². The average Bonchev–Trinajstić information content (AvgIpc) is 3.05. The number of rotatable bonds is 5. The zero-order valence-corrected chi connectivity index (χ0v) is 18.0. The molecule has 160 valence electrons. The molecule has 2 aromatic rings. The Kier molecular flexibility index (Phi) is 6.59. The number of amides is 2. The van der Waals surface area contributed by atoms with E-state index in [9.17, 15) is 14.4 Å². The predicted octanol–water partition coefficient (Wildman–Crippen LogP) is 2.90. The van der Waals surface area contributed by atoms with Crippen molar-refractivity contribution in [1.29, 1.82) is 0 Å². The van der Waals surface area contributed by atoms with E-state index in [1.54, 1.807) is 18.7 Å². The summed E-state index contributed by atoms with van der Waals surface area (Å²) in [6.07, 6.45) is 1.51. The molecule has 1 aromatic carbocycles. The summed E-state index contributed by atoms with van der Waals surface area (Å²) in [5.41, 5.74) is 4.18. The number of aromatic amines is 1. The van der Waals surface area contributed by atoms with E-state index in [4.69, 9.17) is 4.74 Å². The smallest absolute Gasteiger partial charge is 0.339 e. The summed E-state index contributed by atoms with van der Waals surface area (Å²) in [5.74, 6) is -0.942. The number of benzene rings is 1. The maximum Gasteiger partial charge on any atom is 0.339 e. The molecule has 1 aromatic heterocycles. The highest BCUT2D eigenvalue weighted by Crippen LogP contribution is 2.23. The lowest BCUT2D eigenvalue weighted by atomic mass is 9.96. The maximum atomic E-state index is 13.1. The highest BCUT2D eigenvalue weighted by Gasteiger charge is 2.31. The molecule has 1 saturated heterocycles. The van der Waals surface area contributed by atoms with E-state index in [0.29, 0.717) is 42.1 Å². The minimum absolute atomic E-state index is 0.0367. The number of carbonyl (C=O) groups excluding carboxylic acids is 3. The fourth-order valence-electron chi connectivity index (χ4n) is 4.04. The third-order valence-corrected chi connectivity index (χ3v) is 5.83. The van der Waals surface area contributed by atoms with Crippen LogP contribution in [0.2, 0.25) is 0 Å². The van der Waals surface area contributed by atoms with Crippen LogP contribution in [0.4, 0.5) is 0 Å². The number of esters is 1. The van der Waals surface area contributed by atoms with Crippen LogP contribution in [0.15, 0.2) is 24.3 Å². The molecule has 0 bridgehead atoms. The molecule has 2 heterocycles. The summed E-state index contributed by atoms with van der Waals surface area (Å²) in [7, 11) is 1.32. The van der Waals surface area contributed by atoms with Crippen molar-refractivity contribution < 1.29 is 19.1 Å². The molecular formula is C23H29N3O4. The summed E-state index contributed by atoms with van der Waals surface area (Å²) < 4.78 is 4.82. The largest absolute Gasteiger partial charge is 0.465 e. The Balaban J connectivity index is 1.67. The van der Waals surface area contributed by atoms with Crippen LogP contribution in [-0.4, -0.2) is 47.9 Å². The number of nitrogens with one attached hydrogen (secondary N) is 2. The number of ether oxygens (including phenoxy) is 1. The molecule has 1 aliphatic heterocycles. The maximum absolute atomic E-state index is 13.1. The Labute approximate surface area is 176 Å². The van der Waals surface area contributed by atoms with E-state index in [-0.39, 0.29) is 17.7 Å². The lowest BCUT2D eigenvalue weighted by Crippen LogP contribution is -2.45. The van der Waals surface area contributed by atoms with Gasteiger partial charge in [0.1, 0.15) is 5.69 Å². The molecule has 2 N–H and O–H groups in total. The van der Waals surface area contributed by atoms with E-state index in [2.05, 4.69) is 10.3 Å². The van der Waals surface area contributed by atoms with Crippen molar-refractivity contribution in [2.75, 3.05) is 20.2 Å². The van der Waals surface area contributed by atoms with Gasteiger partial charge >= 0.3 is 5.97 Å². The van der Waals surface area contributed by atoms with Gasteiger partial charge in [-0.3, -0.25) is 9.59 Å². The van der Waals surface area contributed by atoms with Crippen LogP contribution < -0.4 is 5.32 Å². The zero-order chi connectivity index (χ0) is 21.8. The summed E-state index contributed by atoms with van der Waals surface area (Å²) in [6.45, 7) is 6.93. The van der Waals surface area contributed by atoms with Gasteiger partial charge in [-0.1, -0.05) is 24.3 Å². The monoisotopic (exact) mass is 411 g/mol. The quantitative estimate of drug-likeness (QED) is 0.740. The van der Waals surface area contributed by atoms with Crippen LogP contribution in [0.25, 0.3) is 0 Å². The molecule has 7 heteroatoms. The van der Waals surface area contributed by atoms with Gasteiger partial charge in [-0.25, -0.2) is 4.79 Å². The standard InChI is InChI=1S/C23H29N3O4/c1-14-8-5-6-9-17(14)12-24-21(27)18-10-7-11-26(13-18)22(28)20-15(2)19(16(3)25-20)23(29)30-4/h5-6,8-9,18,25H,7,10-13H2,1-4H3,(H,24,27). The van der Waals surface area contributed by atoms with Crippen LogP contribution in [0.1, 0.15) is 56.1 Å². The summed E-state index contributed by atoms with van der Waals surface area (Å²) in [4.78, 5) is 42.5. The molecule has 1 unspecified atom stereocenters. The van der Waals surface area contributed by atoms with Gasteiger partial charge in [0.15, 0.2) is 0 Å². The van der Waals surface area contributed by atoms with E-state index >= 15 is 0 Å². The second-order valence-electron chi connectivity index (χ2n) is 7.85. The molecule has 30 heavy (non-hydrogen) atoms. The molecule has 2 amide bonds. The molecular weight excluding hydrogens is 382 g/mol. The molecule has 1 fully saturated rings. The van der Waals surface area contributed by atoms with Gasteiger partial charge in [0.05, 0.1) is 18.6 Å². The topological polar surface area (TPSA) is 91.5 Å². The third-order valence-electron chi connectivity index (χ3n) is 5.83. The van der Waals surface area contributed by atoms with Crippen molar-refractivity contribution in [2.24, 2.45) is 5.92 Å². The molecule has 1 atom stereocenters. The summed E-state index contributed by atoms with van der Waals surface area (Å²) in [5, 5.41) is 3.01. The number of H-pyrrole nitrogens is 1. The van der Waals surface area contributed by atoms with E-state index < -0.39 is 5.97 Å². The van der Waals surface area contributed by atoms with E-state index in [1.807, 2.05) is 31.2 Å². The summed E-state index contributed by atoms with van der Waals surface area (Å²) in [6, 6.07) is 7.95. The first kappa shape index (κ1) is 21.6. The number of nitrogens with zero attached hydrogens (tertiary/aromatic N) is 1. The number of piperidine rings is 1. The van der Waals surface area contributed by atoms with Crippen LogP contribution in [0, 0.1) is 26.7 Å². The second kappa shape index (κ2) is 9.15. The second-order valence-corrected chi connectivity index (χ2v) is 7.85. The molecule has 7 nitrogen and oxygen atoms in total. The van der Waals surface area contributed by atoms with Gasteiger partial charge in [0.2, 0.25) is 5.91 Å². The van der Waals surface area contributed by atoms with Gasteiger partial charge < -0.3 is 19.9 Å². The molecule has 0 radical (unpaired) electrons. The first-order valence-corrected chi connectivity index (χ1v) is 10.2. The van der Waals surface area contributed by atoms with Crippen LogP contribution in [0.5, 0.6) is 0 Å². The average molecular weight is 412 g/mol. The van der Waals surface area contributed by atoms with Crippen molar-refractivity contribution >= 4 is 17.8 Å². The Hall–Kier alpha value is -3.09.